The van der Waals surface area contributed by atoms with Crippen LogP contribution in [-0.2, 0) is 19.3 Å². The first-order valence-electron chi connectivity index (χ1n) is 14.2. The smallest absolute Gasteiger partial charge is 0.0442 e. The molecule has 0 aliphatic heterocycles. The van der Waals surface area contributed by atoms with E-state index >= 15 is 0 Å². The highest BCUT2D eigenvalue weighted by Gasteiger charge is 2.30. The monoisotopic (exact) mass is 509 g/mol. The Morgan fingerprint density at radius 2 is 0.750 bits per heavy atom. The molecule has 0 bridgehead atoms. The lowest BCUT2D eigenvalue weighted by Gasteiger charge is -2.21. The molecule has 6 aromatic carbocycles. The molecule has 0 atom stereocenters. The van der Waals surface area contributed by atoms with Gasteiger partial charge in [0.05, 0.1) is 0 Å². The van der Waals surface area contributed by atoms with E-state index in [9.17, 15) is 0 Å². The van der Waals surface area contributed by atoms with Gasteiger partial charge in [-0.15, -0.1) is 0 Å². The van der Waals surface area contributed by atoms with E-state index < -0.39 is 0 Å². The second-order valence-electron chi connectivity index (χ2n) is 11.4. The molecule has 6 aromatic rings. The predicted molar refractivity (Wildman–Crippen MR) is 166 cm³/mol. The summed E-state index contributed by atoms with van der Waals surface area (Å²) < 4.78 is 0. The van der Waals surface area contributed by atoms with Gasteiger partial charge in [0.15, 0.2) is 0 Å². The van der Waals surface area contributed by atoms with Crippen LogP contribution >= 0.6 is 0 Å². The van der Waals surface area contributed by atoms with Gasteiger partial charge in [0.1, 0.15) is 0 Å². The Morgan fingerprint density at radius 3 is 1.32 bits per heavy atom. The van der Waals surface area contributed by atoms with E-state index in [-0.39, 0.29) is 0 Å². The van der Waals surface area contributed by atoms with E-state index in [1.54, 1.807) is 0 Å². The highest BCUT2D eigenvalue weighted by Crippen LogP contribution is 2.52. The van der Waals surface area contributed by atoms with Crippen LogP contribution < -0.4 is 5.73 Å². The minimum Gasteiger partial charge on any atom is -0.398 e. The number of benzene rings is 6. The molecule has 0 saturated carbocycles. The van der Waals surface area contributed by atoms with Crippen molar-refractivity contribution in [3.8, 4) is 55.6 Å². The lowest BCUT2D eigenvalue weighted by molar-refractivity contribution is 1.24. The van der Waals surface area contributed by atoms with Crippen molar-refractivity contribution in [2.45, 2.75) is 19.3 Å². The summed E-state index contributed by atoms with van der Waals surface area (Å²) in [6, 6.07) is 42.5. The molecular weight excluding hydrogens is 482 g/mol. The Balaban J connectivity index is 1.35. The maximum Gasteiger partial charge on any atom is 0.0442 e. The lowest BCUT2D eigenvalue weighted by Crippen LogP contribution is -2.02. The third-order valence-corrected chi connectivity index (χ3v) is 9.41. The van der Waals surface area contributed by atoms with Crippen molar-refractivity contribution in [1.29, 1.82) is 0 Å². The third kappa shape index (κ3) is 2.92. The topological polar surface area (TPSA) is 26.0 Å². The fourth-order valence-electron chi connectivity index (χ4n) is 7.61. The summed E-state index contributed by atoms with van der Waals surface area (Å²) in [7, 11) is 0. The Bertz CT molecular complexity index is 2040. The van der Waals surface area contributed by atoms with Crippen LogP contribution in [0.15, 0.2) is 115 Å². The zero-order valence-corrected chi connectivity index (χ0v) is 22.2. The Hall–Kier alpha value is -4.88. The molecule has 0 heterocycles. The number of nitrogen functional groups attached to an aromatic ring is 1. The van der Waals surface area contributed by atoms with Crippen molar-refractivity contribution < 1.29 is 0 Å². The molecular formula is C39H27N. The summed E-state index contributed by atoms with van der Waals surface area (Å²) in [5, 5.41) is 0. The molecule has 9 rings (SSSR count). The lowest BCUT2D eigenvalue weighted by atomic mass is 9.83. The van der Waals surface area contributed by atoms with Crippen molar-refractivity contribution in [2.24, 2.45) is 0 Å². The van der Waals surface area contributed by atoms with E-state index in [1.165, 1.54) is 89.0 Å². The number of fused-ring (bicyclic) bond motifs is 9. The summed E-state index contributed by atoms with van der Waals surface area (Å²) in [6.45, 7) is 0. The fourth-order valence-corrected chi connectivity index (χ4v) is 7.61. The molecule has 0 fully saturated rings. The number of rotatable bonds is 2. The van der Waals surface area contributed by atoms with E-state index in [0.29, 0.717) is 0 Å². The Morgan fingerprint density at radius 1 is 0.350 bits per heavy atom. The van der Waals surface area contributed by atoms with Gasteiger partial charge < -0.3 is 5.73 Å². The number of nitrogens with two attached hydrogens (primary N) is 1. The van der Waals surface area contributed by atoms with E-state index in [4.69, 9.17) is 5.73 Å². The van der Waals surface area contributed by atoms with Crippen LogP contribution in [-0.4, -0.2) is 0 Å². The number of hydrogen-bond acceptors (Lipinski definition) is 1. The van der Waals surface area contributed by atoms with E-state index in [1.807, 2.05) is 0 Å². The highest BCUT2D eigenvalue weighted by molar-refractivity contribution is 6.03. The molecule has 2 N–H and O–H groups in total. The van der Waals surface area contributed by atoms with Gasteiger partial charge in [-0.05, 0) is 102 Å². The van der Waals surface area contributed by atoms with Crippen LogP contribution in [0, 0.1) is 0 Å². The van der Waals surface area contributed by atoms with Gasteiger partial charge in [0, 0.05) is 17.7 Å². The number of anilines is 1. The quantitative estimate of drug-likeness (QED) is 0.231. The molecule has 0 radical (unpaired) electrons. The van der Waals surface area contributed by atoms with Crippen LogP contribution in [0.25, 0.3) is 55.6 Å². The average molecular weight is 510 g/mol. The molecule has 40 heavy (non-hydrogen) atoms. The standard InChI is InChI=1S/C39H27N/c40-39-37-21-25-11-3-6-14-28(25)35(37)22-36(31-17-7-15-29-26-12-4-1-9-23(26)19-33(29)31)38(39)32-18-8-16-30-27-13-5-2-10-24(27)20-34(30)32/h1-18,22H,19-21,40H2. The zero-order chi connectivity index (χ0) is 26.4. The molecule has 0 aromatic heterocycles. The van der Waals surface area contributed by atoms with Crippen LogP contribution in [0.5, 0.6) is 0 Å². The molecule has 1 nitrogen and oxygen atoms in total. The highest BCUT2D eigenvalue weighted by atomic mass is 14.6. The van der Waals surface area contributed by atoms with Crippen molar-refractivity contribution in [2.75, 3.05) is 5.73 Å². The van der Waals surface area contributed by atoms with E-state index in [0.717, 1.165) is 24.9 Å². The van der Waals surface area contributed by atoms with Gasteiger partial charge in [-0.2, -0.15) is 0 Å². The van der Waals surface area contributed by atoms with Crippen LogP contribution in [0.3, 0.4) is 0 Å². The molecule has 0 amide bonds. The fraction of sp³-hybridized carbons (Fsp3) is 0.0769. The summed E-state index contributed by atoms with van der Waals surface area (Å²) in [5.74, 6) is 0. The second kappa shape index (κ2) is 8.07. The first-order chi connectivity index (χ1) is 19.8. The SMILES string of the molecule is Nc1c2c(cc(-c3cccc4c3Cc3ccccc3-4)c1-c1cccc3c1Cc1ccccc1-3)-c1ccccc1C2. The zero-order valence-electron chi connectivity index (χ0n) is 22.2. The van der Waals surface area contributed by atoms with Crippen LogP contribution in [0.4, 0.5) is 5.69 Å². The molecule has 1 heteroatoms. The molecule has 3 aliphatic carbocycles. The summed E-state index contributed by atoms with van der Waals surface area (Å²) >= 11 is 0. The van der Waals surface area contributed by atoms with Crippen molar-refractivity contribution in [1.82, 2.24) is 0 Å². The van der Waals surface area contributed by atoms with Crippen molar-refractivity contribution in [3.63, 3.8) is 0 Å². The summed E-state index contributed by atoms with van der Waals surface area (Å²) in [6.07, 6.45) is 2.78. The molecule has 0 saturated heterocycles. The Labute approximate surface area is 234 Å². The van der Waals surface area contributed by atoms with Gasteiger partial charge >= 0.3 is 0 Å². The average Bonchev–Trinajstić information content (AvgIpc) is 3.69. The molecule has 3 aliphatic rings. The maximum atomic E-state index is 7.31. The van der Waals surface area contributed by atoms with E-state index in [2.05, 4.69) is 115 Å². The normalized spacial score (nSPS) is 13.3. The van der Waals surface area contributed by atoms with Gasteiger partial charge in [-0.1, -0.05) is 109 Å². The minimum atomic E-state index is 0.887. The van der Waals surface area contributed by atoms with Crippen molar-refractivity contribution >= 4 is 5.69 Å². The summed E-state index contributed by atoms with van der Waals surface area (Å²) in [4.78, 5) is 0. The number of hydrogen-bond donors (Lipinski definition) is 1. The minimum absolute atomic E-state index is 0.887. The predicted octanol–water partition coefficient (Wildman–Crippen LogP) is 9.32. The Kier molecular flexibility index (Phi) is 4.43. The first-order valence-corrected chi connectivity index (χ1v) is 14.2. The van der Waals surface area contributed by atoms with Gasteiger partial charge in [0.25, 0.3) is 0 Å². The van der Waals surface area contributed by atoms with Crippen LogP contribution in [0.2, 0.25) is 0 Å². The third-order valence-electron chi connectivity index (χ3n) is 9.41. The van der Waals surface area contributed by atoms with Gasteiger partial charge in [-0.3, -0.25) is 0 Å². The maximum absolute atomic E-state index is 7.31. The molecule has 188 valence electrons. The van der Waals surface area contributed by atoms with Gasteiger partial charge in [-0.25, -0.2) is 0 Å². The summed E-state index contributed by atoms with van der Waals surface area (Å²) in [5.41, 5.74) is 29.5. The molecule has 0 unspecified atom stereocenters. The van der Waals surface area contributed by atoms with Gasteiger partial charge in [0.2, 0.25) is 0 Å². The second-order valence-corrected chi connectivity index (χ2v) is 11.4. The largest absolute Gasteiger partial charge is 0.398 e. The van der Waals surface area contributed by atoms with Crippen molar-refractivity contribution in [3.05, 3.63) is 149 Å². The first kappa shape index (κ1) is 22.0. The molecule has 0 spiro atoms. The van der Waals surface area contributed by atoms with Crippen LogP contribution in [0.1, 0.15) is 33.4 Å².